The van der Waals surface area contributed by atoms with Crippen molar-refractivity contribution in [1.82, 2.24) is 5.32 Å². The monoisotopic (exact) mass is 381 g/mol. The average Bonchev–Trinajstić information content (AvgIpc) is 2.93. The number of ether oxygens (including phenoxy) is 2. The third-order valence-corrected chi connectivity index (χ3v) is 5.49. The van der Waals surface area contributed by atoms with Crippen molar-refractivity contribution < 1.29 is 13.9 Å². The minimum atomic E-state index is -0.455. The van der Waals surface area contributed by atoms with E-state index in [1.54, 1.807) is 30.3 Å². The third-order valence-electron chi connectivity index (χ3n) is 4.75. The zero-order valence-corrected chi connectivity index (χ0v) is 15.0. The van der Waals surface area contributed by atoms with Gasteiger partial charge < -0.3 is 14.8 Å². The van der Waals surface area contributed by atoms with Crippen LogP contribution in [0.15, 0.2) is 36.4 Å². The first-order valence-corrected chi connectivity index (χ1v) is 9.17. The van der Waals surface area contributed by atoms with Crippen LogP contribution in [-0.4, -0.2) is 18.2 Å². The fraction of sp³-hybridized carbons (Fsp3) is 0.368. The number of halogens is 3. The highest BCUT2D eigenvalue weighted by molar-refractivity contribution is 6.42. The molecule has 0 aliphatic carbocycles. The fourth-order valence-electron chi connectivity index (χ4n) is 3.60. The van der Waals surface area contributed by atoms with Crippen LogP contribution in [0, 0.1) is 5.82 Å². The van der Waals surface area contributed by atoms with Gasteiger partial charge in [0.1, 0.15) is 17.6 Å². The number of hydrogen-bond donors (Lipinski definition) is 1. The number of benzene rings is 2. The van der Waals surface area contributed by atoms with E-state index >= 15 is 0 Å². The van der Waals surface area contributed by atoms with E-state index in [0.717, 1.165) is 12.8 Å². The predicted octanol–water partition coefficient (Wildman–Crippen LogP) is 5.59. The molecule has 2 aliphatic rings. The maximum Gasteiger partial charge on any atom is 0.166 e. The molecule has 0 spiro atoms. The van der Waals surface area contributed by atoms with Crippen LogP contribution in [0.3, 0.4) is 0 Å². The standard InChI is InChI=1S/C19H18Cl2FNO2/c20-16-5-3-13(9-17(16)21)25-19-10-14(4-6-18(19)22)24-15-7-11-1-2-12(8-15)23-11/h3-6,9-12,15,23H,1-2,7-8H2/t11-,12+,15-. The highest BCUT2D eigenvalue weighted by Gasteiger charge is 2.34. The van der Waals surface area contributed by atoms with Gasteiger partial charge in [0.2, 0.25) is 0 Å². The Kier molecular flexibility index (Phi) is 4.76. The Balaban J connectivity index is 1.49. The molecule has 2 bridgehead atoms. The lowest BCUT2D eigenvalue weighted by Crippen LogP contribution is -2.42. The maximum absolute atomic E-state index is 14.1. The molecule has 0 amide bonds. The summed E-state index contributed by atoms with van der Waals surface area (Å²) in [5.74, 6) is 0.685. The second-order valence-corrected chi connectivity index (χ2v) is 7.43. The number of hydrogen-bond acceptors (Lipinski definition) is 3. The summed E-state index contributed by atoms with van der Waals surface area (Å²) in [7, 11) is 0. The Bertz CT molecular complexity index is 774. The van der Waals surface area contributed by atoms with Crippen LogP contribution in [-0.2, 0) is 0 Å². The van der Waals surface area contributed by atoms with Gasteiger partial charge in [0.05, 0.1) is 10.0 Å². The number of piperidine rings is 1. The summed E-state index contributed by atoms with van der Waals surface area (Å²) >= 11 is 11.9. The minimum absolute atomic E-state index is 0.104. The number of nitrogens with one attached hydrogen (secondary N) is 1. The molecule has 2 aromatic rings. The summed E-state index contributed by atoms with van der Waals surface area (Å²) in [4.78, 5) is 0. The van der Waals surface area contributed by atoms with Crippen molar-refractivity contribution in [3.63, 3.8) is 0 Å². The lowest BCUT2D eigenvalue weighted by atomic mass is 10.0. The maximum atomic E-state index is 14.1. The normalized spacial score (nSPS) is 25.0. The van der Waals surface area contributed by atoms with E-state index in [9.17, 15) is 4.39 Å². The van der Waals surface area contributed by atoms with Gasteiger partial charge >= 0.3 is 0 Å². The molecule has 2 fully saturated rings. The van der Waals surface area contributed by atoms with Crippen LogP contribution in [0.1, 0.15) is 25.7 Å². The molecule has 4 rings (SSSR count). The molecule has 0 radical (unpaired) electrons. The Morgan fingerprint density at radius 3 is 2.36 bits per heavy atom. The van der Waals surface area contributed by atoms with Crippen molar-refractivity contribution >= 4 is 23.2 Å². The molecule has 1 N–H and O–H groups in total. The Labute approximate surface area is 156 Å². The molecule has 132 valence electrons. The Morgan fingerprint density at radius 2 is 1.64 bits per heavy atom. The van der Waals surface area contributed by atoms with Gasteiger partial charge in [0, 0.05) is 24.2 Å². The molecule has 2 heterocycles. The predicted molar refractivity (Wildman–Crippen MR) is 96.5 cm³/mol. The molecule has 25 heavy (non-hydrogen) atoms. The molecule has 2 saturated heterocycles. The van der Waals surface area contributed by atoms with Crippen LogP contribution in [0.25, 0.3) is 0 Å². The second-order valence-electron chi connectivity index (χ2n) is 6.62. The average molecular weight is 382 g/mol. The van der Waals surface area contributed by atoms with E-state index in [1.165, 1.54) is 18.9 Å². The molecule has 2 aromatic carbocycles. The summed E-state index contributed by atoms with van der Waals surface area (Å²) in [6.45, 7) is 0. The van der Waals surface area contributed by atoms with Gasteiger partial charge in [0.15, 0.2) is 11.6 Å². The smallest absolute Gasteiger partial charge is 0.166 e. The summed E-state index contributed by atoms with van der Waals surface area (Å²) in [6.07, 6.45) is 4.54. The van der Waals surface area contributed by atoms with Crippen molar-refractivity contribution in [3.8, 4) is 17.2 Å². The molecular weight excluding hydrogens is 364 g/mol. The van der Waals surface area contributed by atoms with Crippen LogP contribution in [0.2, 0.25) is 10.0 Å². The molecular formula is C19H18Cl2FNO2. The molecule has 6 heteroatoms. The van der Waals surface area contributed by atoms with E-state index in [-0.39, 0.29) is 11.9 Å². The van der Waals surface area contributed by atoms with Crippen molar-refractivity contribution in [2.45, 2.75) is 43.9 Å². The third kappa shape index (κ3) is 3.86. The topological polar surface area (TPSA) is 30.5 Å². The van der Waals surface area contributed by atoms with Crippen LogP contribution in [0.5, 0.6) is 17.2 Å². The van der Waals surface area contributed by atoms with Gasteiger partial charge in [-0.1, -0.05) is 23.2 Å². The number of fused-ring (bicyclic) bond motifs is 2. The summed E-state index contributed by atoms with van der Waals surface area (Å²) in [5, 5.41) is 4.36. The van der Waals surface area contributed by atoms with E-state index in [1.807, 2.05) is 0 Å². The van der Waals surface area contributed by atoms with Gasteiger partial charge in [-0.3, -0.25) is 0 Å². The summed E-state index contributed by atoms with van der Waals surface area (Å²) < 4.78 is 25.8. The van der Waals surface area contributed by atoms with E-state index in [4.69, 9.17) is 32.7 Å². The van der Waals surface area contributed by atoms with Crippen LogP contribution < -0.4 is 14.8 Å². The fourth-order valence-corrected chi connectivity index (χ4v) is 3.88. The molecule has 3 atom stereocenters. The first kappa shape index (κ1) is 17.0. The lowest BCUT2D eigenvalue weighted by Gasteiger charge is -2.29. The van der Waals surface area contributed by atoms with Crippen LogP contribution >= 0.6 is 23.2 Å². The van der Waals surface area contributed by atoms with Crippen molar-refractivity contribution in [3.05, 3.63) is 52.3 Å². The Morgan fingerprint density at radius 1 is 0.920 bits per heavy atom. The largest absolute Gasteiger partial charge is 0.490 e. The molecule has 0 aromatic heterocycles. The summed E-state index contributed by atoms with van der Waals surface area (Å²) in [6, 6.07) is 10.5. The van der Waals surface area contributed by atoms with Gasteiger partial charge in [-0.05, 0) is 49.9 Å². The van der Waals surface area contributed by atoms with Crippen molar-refractivity contribution in [1.29, 1.82) is 0 Å². The van der Waals surface area contributed by atoms with Gasteiger partial charge in [-0.2, -0.15) is 0 Å². The van der Waals surface area contributed by atoms with E-state index in [2.05, 4.69) is 5.32 Å². The first-order chi connectivity index (χ1) is 12.1. The minimum Gasteiger partial charge on any atom is -0.490 e. The van der Waals surface area contributed by atoms with Gasteiger partial charge in [0.25, 0.3) is 0 Å². The molecule has 0 unspecified atom stereocenters. The summed E-state index contributed by atoms with van der Waals surface area (Å²) in [5.41, 5.74) is 0. The molecule has 3 nitrogen and oxygen atoms in total. The quantitative estimate of drug-likeness (QED) is 0.748. The lowest BCUT2D eigenvalue weighted by molar-refractivity contribution is 0.137. The van der Waals surface area contributed by atoms with E-state index in [0.29, 0.717) is 33.6 Å². The molecule has 0 saturated carbocycles. The SMILES string of the molecule is Fc1ccc(O[C@@H]2C[C@H]3CC[C@@H](C2)N3)cc1Oc1ccc(Cl)c(Cl)c1. The van der Waals surface area contributed by atoms with Crippen LogP contribution in [0.4, 0.5) is 4.39 Å². The van der Waals surface area contributed by atoms with Gasteiger partial charge in [-0.15, -0.1) is 0 Å². The van der Waals surface area contributed by atoms with Crippen molar-refractivity contribution in [2.75, 3.05) is 0 Å². The highest BCUT2D eigenvalue weighted by Crippen LogP contribution is 2.34. The number of rotatable bonds is 4. The Hall–Kier alpha value is -1.49. The highest BCUT2D eigenvalue weighted by atomic mass is 35.5. The van der Waals surface area contributed by atoms with Crippen molar-refractivity contribution in [2.24, 2.45) is 0 Å². The second kappa shape index (κ2) is 7.02. The zero-order valence-electron chi connectivity index (χ0n) is 13.5. The van der Waals surface area contributed by atoms with E-state index < -0.39 is 5.82 Å². The van der Waals surface area contributed by atoms with Gasteiger partial charge in [-0.25, -0.2) is 4.39 Å². The first-order valence-electron chi connectivity index (χ1n) is 8.42. The zero-order chi connectivity index (χ0) is 17.4. The molecule has 2 aliphatic heterocycles.